The van der Waals surface area contributed by atoms with Crippen LogP contribution in [0.2, 0.25) is 0 Å². The van der Waals surface area contributed by atoms with Crippen LogP contribution in [0.15, 0.2) is 52.9 Å². The van der Waals surface area contributed by atoms with E-state index in [1.54, 1.807) is 0 Å². The van der Waals surface area contributed by atoms with Gasteiger partial charge in [-0.05, 0) is 37.0 Å². The van der Waals surface area contributed by atoms with Gasteiger partial charge in [0.1, 0.15) is 5.52 Å². The van der Waals surface area contributed by atoms with Crippen LogP contribution in [0.5, 0.6) is 0 Å². The molecule has 142 valence electrons. The Balaban J connectivity index is 0.00000210. The highest BCUT2D eigenvalue weighted by molar-refractivity contribution is 5.94. The minimum atomic E-state index is -0.00202. The van der Waals surface area contributed by atoms with Crippen LogP contribution in [0, 0.1) is 5.92 Å². The molecular weight excluding hydrogens is 362 g/mol. The molecule has 0 bridgehead atoms. The molecule has 2 unspecified atom stereocenters. The molecule has 0 aliphatic heterocycles. The molecule has 1 heterocycles. The maximum atomic E-state index is 12.5. The molecule has 5 nitrogen and oxygen atoms in total. The fourth-order valence-corrected chi connectivity index (χ4v) is 3.61. The molecule has 1 aromatic heterocycles. The minimum Gasteiger partial charge on any atom is -0.440 e. The average Bonchev–Trinajstić information content (AvgIpc) is 3.04. The predicted molar refractivity (Wildman–Crippen MR) is 109 cm³/mol. The first-order chi connectivity index (χ1) is 12.7. The van der Waals surface area contributed by atoms with Gasteiger partial charge in [0, 0.05) is 30.1 Å². The molecule has 1 aliphatic rings. The topological polar surface area (TPSA) is 81.2 Å². The number of carbonyl (C=O) groups excluding carboxylic acids is 1. The predicted octanol–water partition coefficient (Wildman–Crippen LogP) is 4.30. The highest BCUT2D eigenvalue weighted by Gasteiger charge is 2.25. The van der Waals surface area contributed by atoms with Gasteiger partial charge in [-0.1, -0.05) is 36.8 Å². The molecule has 1 saturated carbocycles. The highest BCUT2D eigenvalue weighted by atomic mass is 35.5. The van der Waals surface area contributed by atoms with Crippen LogP contribution >= 0.6 is 12.4 Å². The van der Waals surface area contributed by atoms with Gasteiger partial charge in [0.25, 0.3) is 0 Å². The molecule has 3 aromatic rings. The molecule has 1 aliphatic carbocycles. The van der Waals surface area contributed by atoms with E-state index in [-0.39, 0.29) is 30.3 Å². The third-order valence-electron chi connectivity index (χ3n) is 4.98. The average molecular weight is 386 g/mol. The summed E-state index contributed by atoms with van der Waals surface area (Å²) in [6.07, 6.45) is 4.35. The van der Waals surface area contributed by atoms with E-state index in [0.717, 1.165) is 42.5 Å². The second-order valence-electron chi connectivity index (χ2n) is 7.07. The quantitative estimate of drug-likeness (QED) is 0.701. The molecule has 4 rings (SSSR count). The number of benzene rings is 2. The number of amides is 1. The van der Waals surface area contributed by atoms with Crippen molar-refractivity contribution in [1.82, 2.24) is 4.98 Å². The Kier molecular flexibility index (Phi) is 6.14. The van der Waals surface area contributed by atoms with E-state index < -0.39 is 0 Å². The van der Waals surface area contributed by atoms with E-state index in [9.17, 15) is 4.79 Å². The smallest absolute Gasteiger partial charge is 0.227 e. The number of oxazole rings is 1. The summed E-state index contributed by atoms with van der Waals surface area (Å²) in [5.41, 5.74) is 9.38. The summed E-state index contributed by atoms with van der Waals surface area (Å²) < 4.78 is 5.87. The van der Waals surface area contributed by atoms with E-state index in [1.165, 1.54) is 0 Å². The summed E-state index contributed by atoms with van der Waals surface area (Å²) >= 11 is 0. The number of nitrogens with one attached hydrogen (secondary N) is 1. The molecular formula is C21H24ClN3O2. The molecule has 1 fully saturated rings. The number of anilines is 1. The van der Waals surface area contributed by atoms with Crippen molar-refractivity contribution in [3.05, 3.63) is 60.0 Å². The highest BCUT2D eigenvalue weighted by Crippen LogP contribution is 2.26. The van der Waals surface area contributed by atoms with Gasteiger partial charge in [-0.15, -0.1) is 12.4 Å². The molecule has 3 N–H and O–H groups in total. The number of halogens is 1. The lowest BCUT2D eigenvalue weighted by atomic mass is 9.85. The first-order valence-electron chi connectivity index (χ1n) is 9.17. The van der Waals surface area contributed by atoms with Gasteiger partial charge in [-0.2, -0.15) is 0 Å². The number of carbonyl (C=O) groups is 1. The summed E-state index contributed by atoms with van der Waals surface area (Å²) in [6.45, 7) is 0. The van der Waals surface area contributed by atoms with Crippen molar-refractivity contribution in [3.63, 3.8) is 0 Å². The van der Waals surface area contributed by atoms with Crippen molar-refractivity contribution in [2.75, 3.05) is 5.32 Å². The summed E-state index contributed by atoms with van der Waals surface area (Å²) in [4.78, 5) is 17.0. The standard InChI is InChI=1S/C21H23N3O2.ClH/c22-16-8-4-7-15(12-16)21(25)23-17-9-10-18-19(13-17)26-20(24-18)11-14-5-2-1-3-6-14;/h1-3,5-6,9-10,13,15-16H,4,7-8,11-12,22H2,(H,23,25);1H. The van der Waals surface area contributed by atoms with E-state index in [2.05, 4.69) is 22.4 Å². The van der Waals surface area contributed by atoms with Crippen LogP contribution in [0.3, 0.4) is 0 Å². The zero-order valence-corrected chi connectivity index (χ0v) is 15.9. The first kappa shape index (κ1) is 19.4. The second kappa shape index (κ2) is 8.55. The van der Waals surface area contributed by atoms with Gasteiger partial charge >= 0.3 is 0 Å². The van der Waals surface area contributed by atoms with Crippen molar-refractivity contribution in [3.8, 4) is 0 Å². The van der Waals surface area contributed by atoms with Crippen LogP contribution in [-0.2, 0) is 11.2 Å². The van der Waals surface area contributed by atoms with Gasteiger partial charge in [-0.25, -0.2) is 4.98 Å². The van der Waals surface area contributed by atoms with E-state index >= 15 is 0 Å². The van der Waals surface area contributed by atoms with Crippen LogP contribution in [-0.4, -0.2) is 16.9 Å². The fraction of sp³-hybridized carbons (Fsp3) is 0.333. The number of aromatic nitrogens is 1. The fourth-order valence-electron chi connectivity index (χ4n) is 3.61. The van der Waals surface area contributed by atoms with Crippen LogP contribution < -0.4 is 11.1 Å². The first-order valence-corrected chi connectivity index (χ1v) is 9.17. The monoisotopic (exact) mass is 385 g/mol. The molecule has 2 aromatic carbocycles. The number of nitrogens with two attached hydrogens (primary N) is 1. The Morgan fingerprint density at radius 2 is 2.00 bits per heavy atom. The third kappa shape index (κ3) is 4.67. The lowest BCUT2D eigenvalue weighted by molar-refractivity contribution is -0.120. The third-order valence-corrected chi connectivity index (χ3v) is 4.98. The second-order valence-corrected chi connectivity index (χ2v) is 7.07. The van der Waals surface area contributed by atoms with Crippen molar-refractivity contribution < 1.29 is 9.21 Å². The molecule has 0 radical (unpaired) electrons. The Bertz CT molecular complexity index is 910. The van der Waals surface area contributed by atoms with Gasteiger partial charge < -0.3 is 15.5 Å². The largest absolute Gasteiger partial charge is 0.440 e. The van der Waals surface area contributed by atoms with E-state index in [0.29, 0.717) is 17.9 Å². The molecule has 2 atom stereocenters. The summed E-state index contributed by atoms with van der Waals surface area (Å²) in [7, 11) is 0. The van der Waals surface area contributed by atoms with Crippen molar-refractivity contribution in [1.29, 1.82) is 0 Å². The summed E-state index contributed by atoms with van der Waals surface area (Å²) in [6, 6.07) is 15.8. The van der Waals surface area contributed by atoms with Crippen molar-refractivity contribution >= 4 is 35.1 Å². The zero-order valence-electron chi connectivity index (χ0n) is 15.1. The Labute approximate surface area is 164 Å². The molecule has 27 heavy (non-hydrogen) atoms. The Morgan fingerprint density at radius 3 is 2.78 bits per heavy atom. The number of nitrogens with zero attached hydrogens (tertiary/aromatic N) is 1. The van der Waals surface area contributed by atoms with E-state index in [1.807, 2.05) is 36.4 Å². The van der Waals surface area contributed by atoms with Gasteiger partial charge in [0.15, 0.2) is 11.5 Å². The maximum absolute atomic E-state index is 12.5. The van der Waals surface area contributed by atoms with Crippen molar-refractivity contribution in [2.24, 2.45) is 11.7 Å². The molecule has 0 spiro atoms. The van der Waals surface area contributed by atoms with Gasteiger partial charge in [-0.3, -0.25) is 4.79 Å². The Morgan fingerprint density at radius 1 is 1.19 bits per heavy atom. The van der Waals surface area contributed by atoms with Crippen LogP contribution in [0.25, 0.3) is 11.1 Å². The summed E-state index contributed by atoms with van der Waals surface area (Å²) in [5, 5.41) is 3.00. The van der Waals surface area contributed by atoms with Gasteiger partial charge in [0.05, 0.1) is 0 Å². The number of hydrogen-bond donors (Lipinski definition) is 2. The SMILES string of the molecule is Cl.NC1CCCC(C(=O)Nc2ccc3nc(Cc4ccccc4)oc3c2)C1. The molecule has 0 saturated heterocycles. The lowest BCUT2D eigenvalue weighted by Gasteiger charge is -2.25. The number of rotatable bonds is 4. The van der Waals surface area contributed by atoms with Crippen molar-refractivity contribution in [2.45, 2.75) is 38.1 Å². The summed E-state index contributed by atoms with van der Waals surface area (Å²) in [5.74, 6) is 0.717. The zero-order chi connectivity index (χ0) is 17.9. The minimum absolute atomic E-state index is 0. The van der Waals surface area contributed by atoms with Crippen LogP contribution in [0.1, 0.15) is 37.1 Å². The van der Waals surface area contributed by atoms with Crippen LogP contribution in [0.4, 0.5) is 5.69 Å². The number of hydrogen-bond acceptors (Lipinski definition) is 4. The molecule has 1 amide bonds. The van der Waals surface area contributed by atoms with Gasteiger partial charge in [0.2, 0.25) is 5.91 Å². The van der Waals surface area contributed by atoms with E-state index in [4.69, 9.17) is 10.2 Å². The maximum Gasteiger partial charge on any atom is 0.227 e. The Hall–Kier alpha value is -2.37. The number of fused-ring (bicyclic) bond motifs is 1. The molecule has 6 heteroatoms. The lowest BCUT2D eigenvalue weighted by Crippen LogP contribution is -2.34. The normalized spacial score (nSPS) is 19.4.